The summed E-state index contributed by atoms with van der Waals surface area (Å²) in [7, 11) is 0. The zero-order chi connectivity index (χ0) is 19.6. The number of carbonyl (C=O) groups is 1. The molecular weight excluding hydrogens is 382 g/mol. The topological polar surface area (TPSA) is 52.6 Å². The van der Waals surface area contributed by atoms with Crippen LogP contribution in [0.3, 0.4) is 0 Å². The van der Waals surface area contributed by atoms with E-state index in [1.165, 1.54) is 5.69 Å². The molecule has 150 valence electrons. The second-order valence-corrected chi connectivity index (χ2v) is 8.71. The van der Waals surface area contributed by atoms with Gasteiger partial charge in [-0.3, -0.25) is 4.79 Å². The normalized spacial score (nSPS) is 20.3. The molecule has 29 heavy (non-hydrogen) atoms. The van der Waals surface area contributed by atoms with Crippen LogP contribution in [0.4, 0.5) is 10.8 Å². The van der Waals surface area contributed by atoms with Gasteiger partial charge in [-0.25, -0.2) is 9.97 Å². The van der Waals surface area contributed by atoms with Crippen molar-refractivity contribution in [2.75, 3.05) is 49.1 Å². The van der Waals surface area contributed by atoms with Crippen LogP contribution in [0.25, 0.3) is 10.3 Å². The average Bonchev–Trinajstić information content (AvgIpc) is 3.24. The van der Waals surface area contributed by atoms with E-state index in [9.17, 15) is 4.79 Å². The van der Waals surface area contributed by atoms with Gasteiger partial charge in [-0.05, 0) is 37.1 Å². The highest BCUT2D eigenvalue weighted by atomic mass is 32.1. The predicted molar refractivity (Wildman–Crippen MR) is 118 cm³/mol. The Labute approximate surface area is 174 Å². The molecule has 2 fully saturated rings. The quantitative estimate of drug-likeness (QED) is 0.667. The smallest absolute Gasteiger partial charge is 0.227 e. The minimum absolute atomic E-state index is 0.0620. The number of thiazole rings is 1. The van der Waals surface area contributed by atoms with Crippen molar-refractivity contribution >= 4 is 38.4 Å². The summed E-state index contributed by atoms with van der Waals surface area (Å²) in [5, 5.41) is 0.991. The second-order valence-electron chi connectivity index (χ2n) is 7.76. The first-order valence-electron chi connectivity index (χ1n) is 10.3. The van der Waals surface area contributed by atoms with Crippen LogP contribution in [0.1, 0.15) is 12.8 Å². The van der Waals surface area contributed by atoms with Gasteiger partial charge in [-0.1, -0.05) is 29.5 Å². The van der Waals surface area contributed by atoms with Crippen molar-refractivity contribution in [3.05, 3.63) is 48.7 Å². The molecule has 0 saturated carbocycles. The third kappa shape index (κ3) is 3.79. The van der Waals surface area contributed by atoms with Gasteiger partial charge >= 0.3 is 0 Å². The number of anilines is 2. The summed E-state index contributed by atoms with van der Waals surface area (Å²) in [6.45, 7) is 5.12. The number of benzene rings is 1. The van der Waals surface area contributed by atoms with Crippen molar-refractivity contribution in [2.45, 2.75) is 12.8 Å². The lowest BCUT2D eigenvalue weighted by molar-refractivity contribution is -0.136. The number of pyridine rings is 1. The average molecular weight is 408 g/mol. The number of hydrogen-bond acceptors (Lipinski definition) is 6. The van der Waals surface area contributed by atoms with Crippen molar-refractivity contribution in [3.63, 3.8) is 0 Å². The summed E-state index contributed by atoms with van der Waals surface area (Å²) in [5.41, 5.74) is 2.19. The molecule has 1 atom stereocenters. The molecule has 2 aliphatic heterocycles. The molecule has 5 rings (SSSR count). The highest BCUT2D eigenvalue weighted by Crippen LogP contribution is 2.31. The predicted octanol–water partition coefficient (Wildman–Crippen LogP) is 3.26. The second kappa shape index (κ2) is 7.99. The number of rotatable bonds is 3. The third-order valence-electron chi connectivity index (χ3n) is 5.91. The van der Waals surface area contributed by atoms with Crippen LogP contribution in [0.2, 0.25) is 0 Å². The number of para-hydroxylation sites is 1. The van der Waals surface area contributed by atoms with Gasteiger partial charge in [0.25, 0.3) is 0 Å². The summed E-state index contributed by atoms with van der Waals surface area (Å²) in [5.74, 6) is 0.369. The first-order valence-corrected chi connectivity index (χ1v) is 11.1. The standard InChI is InChI=1S/C22H25N5OS/c28-21(26-14-12-25(13-15-26)18-7-2-1-3-8-18)17-6-5-11-27(16-17)22-24-19-9-4-10-23-20(19)29-22/h1-4,7-10,17H,5-6,11-16H2. The molecule has 0 bridgehead atoms. The summed E-state index contributed by atoms with van der Waals surface area (Å²) >= 11 is 1.62. The maximum absolute atomic E-state index is 13.2. The first kappa shape index (κ1) is 18.4. The number of hydrogen-bond donors (Lipinski definition) is 0. The van der Waals surface area contributed by atoms with E-state index >= 15 is 0 Å². The number of piperazine rings is 1. The van der Waals surface area contributed by atoms with Gasteiger partial charge in [0.05, 0.1) is 5.92 Å². The van der Waals surface area contributed by atoms with Crippen LogP contribution < -0.4 is 9.80 Å². The number of piperidine rings is 1. The van der Waals surface area contributed by atoms with Crippen LogP contribution >= 0.6 is 11.3 Å². The van der Waals surface area contributed by atoms with Gasteiger partial charge in [-0.2, -0.15) is 0 Å². The molecule has 0 aliphatic carbocycles. The number of carbonyl (C=O) groups excluding carboxylic acids is 1. The Balaban J connectivity index is 1.22. The fourth-order valence-electron chi connectivity index (χ4n) is 4.33. The Morgan fingerprint density at radius 2 is 1.79 bits per heavy atom. The summed E-state index contributed by atoms with van der Waals surface area (Å²) < 4.78 is 0. The van der Waals surface area contributed by atoms with E-state index in [2.05, 4.69) is 43.9 Å². The molecule has 1 amide bonds. The Morgan fingerprint density at radius 3 is 2.59 bits per heavy atom. The van der Waals surface area contributed by atoms with E-state index in [1.807, 2.05) is 24.4 Å². The minimum Gasteiger partial charge on any atom is -0.368 e. The Bertz CT molecular complexity index is 950. The molecule has 2 saturated heterocycles. The molecule has 2 aromatic heterocycles. The van der Waals surface area contributed by atoms with E-state index in [-0.39, 0.29) is 5.92 Å². The first-order chi connectivity index (χ1) is 14.3. The number of amides is 1. The molecule has 6 nitrogen and oxygen atoms in total. The summed E-state index contributed by atoms with van der Waals surface area (Å²) in [4.78, 5) is 30.0. The summed E-state index contributed by atoms with van der Waals surface area (Å²) in [6, 6.07) is 14.4. The fourth-order valence-corrected chi connectivity index (χ4v) is 5.27. The lowest BCUT2D eigenvalue weighted by atomic mass is 9.96. The van der Waals surface area contributed by atoms with E-state index < -0.39 is 0 Å². The molecule has 0 N–H and O–H groups in total. The Hall–Kier alpha value is -2.67. The SMILES string of the molecule is O=C(C1CCCN(c2nc3cccnc3s2)C1)N1CCN(c2ccccc2)CC1. The van der Waals surface area contributed by atoms with Gasteiger partial charge < -0.3 is 14.7 Å². The van der Waals surface area contributed by atoms with E-state index in [0.717, 1.165) is 67.6 Å². The molecule has 4 heterocycles. The van der Waals surface area contributed by atoms with E-state index in [0.29, 0.717) is 5.91 Å². The van der Waals surface area contributed by atoms with Gasteiger partial charge in [0.15, 0.2) is 5.13 Å². The zero-order valence-corrected chi connectivity index (χ0v) is 17.2. The van der Waals surface area contributed by atoms with Crippen molar-refractivity contribution < 1.29 is 4.79 Å². The van der Waals surface area contributed by atoms with E-state index in [4.69, 9.17) is 4.98 Å². The molecule has 1 aromatic carbocycles. The van der Waals surface area contributed by atoms with Crippen molar-refractivity contribution in [3.8, 4) is 0 Å². The molecule has 0 spiro atoms. The number of fused-ring (bicyclic) bond motifs is 1. The van der Waals surface area contributed by atoms with Gasteiger partial charge in [-0.15, -0.1) is 0 Å². The van der Waals surface area contributed by atoms with Gasteiger partial charge in [0, 0.05) is 51.2 Å². The maximum Gasteiger partial charge on any atom is 0.227 e. The minimum atomic E-state index is 0.0620. The van der Waals surface area contributed by atoms with Gasteiger partial charge in [0.2, 0.25) is 5.91 Å². The third-order valence-corrected chi connectivity index (χ3v) is 6.95. The van der Waals surface area contributed by atoms with Crippen LogP contribution in [-0.2, 0) is 4.79 Å². The molecule has 2 aliphatic rings. The van der Waals surface area contributed by atoms with Crippen molar-refractivity contribution in [1.82, 2.24) is 14.9 Å². The lowest BCUT2D eigenvalue weighted by Gasteiger charge is -2.39. The van der Waals surface area contributed by atoms with Crippen molar-refractivity contribution in [1.29, 1.82) is 0 Å². The highest BCUT2D eigenvalue weighted by molar-refractivity contribution is 7.21. The molecule has 0 radical (unpaired) electrons. The van der Waals surface area contributed by atoms with Crippen LogP contribution in [0, 0.1) is 5.92 Å². The fraction of sp³-hybridized carbons (Fsp3) is 0.409. The summed E-state index contributed by atoms with van der Waals surface area (Å²) in [6.07, 6.45) is 3.81. The molecule has 1 unspecified atom stereocenters. The highest BCUT2D eigenvalue weighted by Gasteiger charge is 2.32. The van der Waals surface area contributed by atoms with Gasteiger partial charge in [0.1, 0.15) is 10.3 Å². The molecule has 3 aromatic rings. The molecular formula is C22H25N5OS. The zero-order valence-electron chi connectivity index (χ0n) is 16.4. The number of aromatic nitrogens is 2. The largest absolute Gasteiger partial charge is 0.368 e. The van der Waals surface area contributed by atoms with Crippen LogP contribution in [-0.4, -0.2) is 60.0 Å². The Kier molecular flexibility index (Phi) is 5.06. The lowest BCUT2D eigenvalue weighted by Crippen LogP contribution is -2.52. The van der Waals surface area contributed by atoms with Crippen LogP contribution in [0.5, 0.6) is 0 Å². The Morgan fingerprint density at radius 1 is 0.966 bits per heavy atom. The number of nitrogens with zero attached hydrogens (tertiary/aromatic N) is 5. The van der Waals surface area contributed by atoms with Crippen molar-refractivity contribution in [2.24, 2.45) is 5.92 Å². The molecule has 7 heteroatoms. The van der Waals surface area contributed by atoms with E-state index in [1.54, 1.807) is 11.3 Å². The monoisotopic (exact) mass is 407 g/mol. The van der Waals surface area contributed by atoms with Crippen LogP contribution in [0.15, 0.2) is 48.7 Å². The maximum atomic E-state index is 13.2.